The molecule has 0 spiro atoms. The van der Waals surface area contributed by atoms with E-state index in [1.807, 2.05) is 0 Å². The second-order valence-electron chi connectivity index (χ2n) is 5.24. The molecule has 2 rings (SSSR count). The van der Waals surface area contributed by atoms with E-state index in [-0.39, 0.29) is 0 Å². The third-order valence-electron chi connectivity index (χ3n) is 4.10. The first kappa shape index (κ1) is 10.0. The van der Waals surface area contributed by atoms with Crippen molar-refractivity contribution in [3.63, 3.8) is 0 Å². The standard InChI is InChI=1S/C14H22/c1-10(2)11(3)14-6-4-5-12-7-8-13(14)9-12/h6,12-13H,4-5,7-9H2,1-3H3/t12-,13?/m0/s1. The van der Waals surface area contributed by atoms with E-state index in [0.717, 1.165) is 11.8 Å². The summed E-state index contributed by atoms with van der Waals surface area (Å²) in [4.78, 5) is 0. The van der Waals surface area contributed by atoms with E-state index in [1.54, 1.807) is 11.1 Å². The lowest BCUT2D eigenvalue weighted by Crippen LogP contribution is -2.01. The lowest BCUT2D eigenvalue weighted by atomic mass is 9.89. The third kappa shape index (κ3) is 1.80. The molecule has 0 nitrogen and oxygen atoms in total. The van der Waals surface area contributed by atoms with E-state index >= 15 is 0 Å². The van der Waals surface area contributed by atoms with E-state index in [4.69, 9.17) is 0 Å². The van der Waals surface area contributed by atoms with Crippen LogP contribution in [0.4, 0.5) is 0 Å². The molecule has 0 aromatic carbocycles. The molecule has 0 aromatic rings. The van der Waals surface area contributed by atoms with Crippen molar-refractivity contribution >= 4 is 0 Å². The Kier molecular flexibility index (Phi) is 2.80. The average molecular weight is 190 g/mol. The Morgan fingerprint density at radius 2 is 1.93 bits per heavy atom. The normalized spacial score (nSPS) is 30.9. The molecule has 1 saturated carbocycles. The second-order valence-corrected chi connectivity index (χ2v) is 5.24. The van der Waals surface area contributed by atoms with Crippen LogP contribution in [0.25, 0.3) is 0 Å². The Morgan fingerprint density at radius 3 is 2.64 bits per heavy atom. The molecule has 0 aliphatic heterocycles. The minimum atomic E-state index is 0.900. The van der Waals surface area contributed by atoms with Crippen LogP contribution in [-0.4, -0.2) is 0 Å². The predicted octanol–water partition coefficient (Wildman–Crippen LogP) is 4.48. The van der Waals surface area contributed by atoms with Gasteiger partial charge >= 0.3 is 0 Å². The number of hydrogen-bond acceptors (Lipinski definition) is 0. The zero-order valence-corrected chi connectivity index (χ0v) is 9.77. The van der Waals surface area contributed by atoms with Gasteiger partial charge in [-0.3, -0.25) is 0 Å². The monoisotopic (exact) mass is 190 g/mol. The van der Waals surface area contributed by atoms with Gasteiger partial charge in [-0.1, -0.05) is 11.6 Å². The van der Waals surface area contributed by atoms with Gasteiger partial charge in [-0.05, 0) is 75.9 Å². The molecule has 1 fully saturated rings. The summed E-state index contributed by atoms with van der Waals surface area (Å²) in [6, 6.07) is 0. The quantitative estimate of drug-likeness (QED) is 0.572. The van der Waals surface area contributed by atoms with Crippen LogP contribution in [0.3, 0.4) is 0 Å². The number of allylic oxidation sites excluding steroid dienone is 4. The summed E-state index contributed by atoms with van der Waals surface area (Å²) in [5.74, 6) is 1.94. The highest BCUT2D eigenvalue weighted by atomic mass is 14.3. The molecule has 14 heavy (non-hydrogen) atoms. The number of hydrogen-bond donors (Lipinski definition) is 0. The fourth-order valence-corrected chi connectivity index (χ4v) is 3.01. The molecular weight excluding hydrogens is 168 g/mol. The molecule has 0 saturated heterocycles. The Morgan fingerprint density at radius 1 is 1.14 bits per heavy atom. The Bertz CT molecular complexity index is 276. The van der Waals surface area contributed by atoms with E-state index < -0.39 is 0 Å². The molecular formula is C14H22. The summed E-state index contributed by atoms with van der Waals surface area (Å²) < 4.78 is 0. The van der Waals surface area contributed by atoms with Crippen LogP contribution in [-0.2, 0) is 0 Å². The van der Waals surface area contributed by atoms with Crippen molar-refractivity contribution in [2.45, 2.75) is 52.9 Å². The van der Waals surface area contributed by atoms with Crippen molar-refractivity contribution in [2.24, 2.45) is 11.8 Å². The van der Waals surface area contributed by atoms with Crippen LogP contribution in [0.2, 0.25) is 0 Å². The van der Waals surface area contributed by atoms with Gasteiger partial charge < -0.3 is 0 Å². The van der Waals surface area contributed by atoms with Crippen LogP contribution in [0.1, 0.15) is 52.9 Å². The second kappa shape index (κ2) is 3.92. The summed E-state index contributed by atoms with van der Waals surface area (Å²) in [5, 5.41) is 0. The molecule has 1 unspecified atom stereocenters. The summed E-state index contributed by atoms with van der Waals surface area (Å²) in [6.07, 6.45) is 9.68. The van der Waals surface area contributed by atoms with Crippen LogP contribution in [0.15, 0.2) is 22.8 Å². The molecule has 0 N–H and O–H groups in total. The van der Waals surface area contributed by atoms with Gasteiger partial charge in [0.15, 0.2) is 0 Å². The zero-order chi connectivity index (χ0) is 10.1. The summed E-state index contributed by atoms with van der Waals surface area (Å²) in [7, 11) is 0. The summed E-state index contributed by atoms with van der Waals surface area (Å²) in [5.41, 5.74) is 4.75. The van der Waals surface area contributed by atoms with Gasteiger partial charge in [-0.2, -0.15) is 0 Å². The van der Waals surface area contributed by atoms with Crippen LogP contribution in [0.5, 0.6) is 0 Å². The van der Waals surface area contributed by atoms with Gasteiger partial charge in [0.2, 0.25) is 0 Å². The van der Waals surface area contributed by atoms with Gasteiger partial charge in [0.25, 0.3) is 0 Å². The van der Waals surface area contributed by atoms with Crippen LogP contribution in [0, 0.1) is 11.8 Å². The fraction of sp³-hybridized carbons (Fsp3) is 0.714. The number of rotatable bonds is 1. The maximum absolute atomic E-state index is 2.52. The zero-order valence-electron chi connectivity index (χ0n) is 9.77. The highest BCUT2D eigenvalue weighted by molar-refractivity contribution is 5.35. The fourth-order valence-electron chi connectivity index (χ4n) is 3.01. The number of fused-ring (bicyclic) bond motifs is 2. The molecule has 0 aromatic heterocycles. The highest BCUT2D eigenvalue weighted by Gasteiger charge is 2.29. The maximum Gasteiger partial charge on any atom is -0.0160 e. The Hall–Kier alpha value is -0.520. The van der Waals surface area contributed by atoms with Crippen molar-refractivity contribution in [1.82, 2.24) is 0 Å². The third-order valence-corrected chi connectivity index (χ3v) is 4.10. The van der Waals surface area contributed by atoms with E-state index in [0.29, 0.717) is 0 Å². The SMILES string of the molecule is CC(C)=C(C)C1=CCC[C@H]2CCC1C2. The van der Waals surface area contributed by atoms with E-state index in [1.165, 1.54) is 37.7 Å². The van der Waals surface area contributed by atoms with Crippen molar-refractivity contribution in [1.29, 1.82) is 0 Å². The van der Waals surface area contributed by atoms with Crippen molar-refractivity contribution in [2.75, 3.05) is 0 Å². The molecule has 2 aliphatic rings. The Labute approximate surface area is 88.1 Å². The molecule has 2 aliphatic carbocycles. The van der Waals surface area contributed by atoms with Gasteiger partial charge in [-0.25, -0.2) is 0 Å². The van der Waals surface area contributed by atoms with Crippen LogP contribution >= 0.6 is 0 Å². The van der Waals surface area contributed by atoms with E-state index in [9.17, 15) is 0 Å². The minimum Gasteiger partial charge on any atom is -0.0808 e. The van der Waals surface area contributed by atoms with Gasteiger partial charge in [-0.15, -0.1) is 0 Å². The van der Waals surface area contributed by atoms with E-state index in [2.05, 4.69) is 26.8 Å². The largest absolute Gasteiger partial charge is 0.0808 e. The smallest absolute Gasteiger partial charge is 0.0160 e. The lowest BCUT2D eigenvalue weighted by Gasteiger charge is -2.16. The molecule has 0 amide bonds. The van der Waals surface area contributed by atoms with Crippen molar-refractivity contribution in [3.05, 3.63) is 22.8 Å². The average Bonchev–Trinajstić information content (AvgIpc) is 2.46. The molecule has 78 valence electrons. The van der Waals surface area contributed by atoms with Gasteiger partial charge in [0.05, 0.1) is 0 Å². The molecule has 0 radical (unpaired) electrons. The Balaban J connectivity index is 2.25. The van der Waals surface area contributed by atoms with Crippen LogP contribution < -0.4 is 0 Å². The summed E-state index contributed by atoms with van der Waals surface area (Å²) in [6.45, 7) is 6.79. The first-order valence-corrected chi connectivity index (χ1v) is 6.03. The predicted molar refractivity (Wildman–Crippen MR) is 62.2 cm³/mol. The molecule has 0 heterocycles. The first-order chi connectivity index (χ1) is 6.68. The van der Waals surface area contributed by atoms with Gasteiger partial charge in [0.1, 0.15) is 0 Å². The molecule has 0 heteroatoms. The van der Waals surface area contributed by atoms with Crippen molar-refractivity contribution in [3.8, 4) is 0 Å². The van der Waals surface area contributed by atoms with Gasteiger partial charge in [0, 0.05) is 0 Å². The molecule has 2 bridgehead atoms. The highest BCUT2D eigenvalue weighted by Crippen LogP contribution is 2.43. The molecule has 2 atom stereocenters. The summed E-state index contributed by atoms with van der Waals surface area (Å²) >= 11 is 0. The minimum absolute atomic E-state index is 0.900. The van der Waals surface area contributed by atoms with Crippen molar-refractivity contribution < 1.29 is 0 Å². The maximum atomic E-state index is 2.52. The topological polar surface area (TPSA) is 0 Å². The lowest BCUT2D eigenvalue weighted by molar-refractivity contribution is 0.504. The first-order valence-electron chi connectivity index (χ1n) is 6.03.